The first kappa shape index (κ1) is 15.5. The summed E-state index contributed by atoms with van der Waals surface area (Å²) in [6.45, 7) is 6.14. The van der Waals surface area contributed by atoms with Gasteiger partial charge in [-0.15, -0.1) is 0 Å². The predicted molar refractivity (Wildman–Crippen MR) is 88.7 cm³/mol. The monoisotopic (exact) mass is 330 g/mol. The molecule has 1 N–H and O–H groups in total. The maximum absolute atomic E-state index is 12.5. The molecule has 3 aromatic heterocycles. The number of hydrogen-bond acceptors (Lipinski definition) is 5. The van der Waals surface area contributed by atoms with Crippen LogP contribution in [0.25, 0.3) is 0 Å². The van der Waals surface area contributed by atoms with Gasteiger partial charge in [-0.25, -0.2) is 4.68 Å². The Bertz CT molecular complexity index is 785. The zero-order valence-electron chi connectivity index (χ0n) is 13.2. The van der Waals surface area contributed by atoms with Crippen molar-refractivity contribution in [1.29, 1.82) is 0 Å². The highest BCUT2D eigenvalue weighted by atomic mass is 32.1. The number of hydrogen-bond donors (Lipinski definition) is 1. The first-order valence-corrected chi connectivity index (χ1v) is 8.27. The lowest BCUT2D eigenvalue weighted by Crippen LogP contribution is -2.22. The Hall–Kier alpha value is -2.41. The second-order valence-electron chi connectivity index (χ2n) is 5.45. The van der Waals surface area contributed by atoms with Crippen LogP contribution in [0, 0.1) is 13.8 Å². The Morgan fingerprint density at radius 2 is 2.26 bits per heavy atom. The van der Waals surface area contributed by atoms with Gasteiger partial charge in [-0.05, 0) is 43.2 Å². The molecule has 120 valence electrons. The zero-order chi connectivity index (χ0) is 16.4. The lowest BCUT2D eigenvalue weighted by Gasteiger charge is -2.13. The summed E-state index contributed by atoms with van der Waals surface area (Å²) in [6, 6.07) is 3.84. The van der Waals surface area contributed by atoms with Gasteiger partial charge in [0.2, 0.25) is 5.91 Å². The molecule has 3 aromatic rings. The fourth-order valence-corrected chi connectivity index (χ4v) is 3.25. The lowest BCUT2D eigenvalue weighted by atomic mass is 9.99. The predicted octanol–water partition coefficient (Wildman–Crippen LogP) is 3.34. The van der Waals surface area contributed by atoms with Gasteiger partial charge in [-0.3, -0.25) is 4.79 Å². The van der Waals surface area contributed by atoms with E-state index < -0.39 is 0 Å². The quantitative estimate of drug-likeness (QED) is 0.779. The maximum atomic E-state index is 12.5. The minimum Gasteiger partial charge on any atom is -0.361 e. The van der Waals surface area contributed by atoms with Gasteiger partial charge in [0.05, 0.1) is 24.4 Å². The Labute approximate surface area is 138 Å². The van der Waals surface area contributed by atoms with E-state index in [4.69, 9.17) is 4.52 Å². The molecule has 0 aromatic carbocycles. The molecule has 0 aliphatic heterocycles. The summed E-state index contributed by atoms with van der Waals surface area (Å²) in [4.78, 5) is 12.5. The molecule has 0 spiro atoms. The van der Waals surface area contributed by atoms with Crippen molar-refractivity contribution in [2.75, 3.05) is 5.32 Å². The molecule has 0 aliphatic carbocycles. The fraction of sp³-hybridized carbons (Fsp3) is 0.312. The number of aryl methyl sites for hydroxylation is 2. The maximum Gasteiger partial charge on any atom is 0.232 e. The molecular formula is C16H18N4O2S. The first-order chi connectivity index (χ1) is 11.1. The van der Waals surface area contributed by atoms with E-state index in [1.54, 1.807) is 28.3 Å². The summed E-state index contributed by atoms with van der Waals surface area (Å²) in [5.74, 6) is 0.911. The van der Waals surface area contributed by atoms with Crippen molar-refractivity contribution in [3.63, 3.8) is 0 Å². The highest BCUT2D eigenvalue weighted by Gasteiger charge is 2.23. The third-order valence-electron chi connectivity index (χ3n) is 3.80. The van der Waals surface area contributed by atoms with E-state index in [9.17, 15) is 4.79 Å². The molecule has 1 atom stereocenters. The summed E-state index contributed by atoms with van der Waals surface area (Å²) in [5.41, 5.74) is 2.75. The average Bonchev–Trinajstić information content (AvgIpc) is 3.24. The van der Waals surface area contributed by atoms with Crippen LogP contribution in [0.1, 0.15) is 35.4 Å². The highest BCUT2D eigenvalue weighted by Crippen LogP contribution is 2.24. The van der Waals surface area contributed by atoms with Crippen molar-refractivity contribution in [1.82, 2.24) is 14.9 Å². The van der Waals surface area contributed by atoms with E-state index in [2.05, 4.69) is 21.0 Å². The summed E-state index contributed by atoms with van der Waals surface area (Å²) in [7, 11) is 0. The normalized spacial score (nSPS) is 12.3. The lowest BCUT2D eigenvalue weighted by molar-refractivity contribution is -0.117. The first-order valence-electron chi connectivity index (χ1n) is 7.32. The van der Waals surface area contributed by atoms with Crippen LogP contribution in [0.15, 0.2) is 33.6 Å². The summed E-state index contributed by atoms with van der Waals surface area (Å²) < 4.78 is 6.93. The van der Waals surface area contributed by atoms with Crippen LogP contribution in [0.5, 0.6) is 0 Å². The minimum atomic E-state index is -0.342. The third kappa shape index (κ3) is 3.19. The van der Waals surface area contributed by atoms with Crippen LogP contribution in [0.2, 0.25) is 0 Å². The average molecular weight is 330 g/mol. The topological polar surface area (TPSA) is 73.0 Å². The van der Waals surface area contributed by atoms with Gasteiger partial charge in [-0.2, -0.15) is 16.4 Å². The molecule has 0 radical (unpaired) electrons. The van der Waals surface area contributed by atoms with E-state index in [1.165, 1.54) is 0 Å². The molecule has 0 bridgehead atoms. The molecule has 1 unspecified atom stereocenters. The summed E-state index contributed by atoms with van der Waals surface area (Å²) >= 11 is 1.64. The zero-order valence-corrected chi connectivity index (χ0v) is 14.1. The van der Waals surface area contributed by atoms with E-state index in [0.717, 1.165) is 16.8 Å². The molecule has 0 saturated heterocycles. The van der Waals surface area contributed by atoms with E-state index in [-0.39, 0.29) is 11.8 Å². The Balaban J connectivity index is 1.75. The van der Waals surface area contributed by atoms with E-state index in [0.29, 0.717) is 18.1 Å². The Kier molecular flexibility index (Phi) is 4.29. The van der Waals surface area contributed by atoms with Crippen LogP contribution in [0.4, 0.5) is 5.82 Å². The number of anilines is 1. The molecule has 0 aliphatic rings. The van der Waals surface area contributed by atoms with Crippen molar-refractivity contribution in [2.24, 2.45) is 0 Å². The van der Waals surface area contributed by atoms with Crippen LogP contribution < -0.4 is 5.32 Å². The van der Waals surface area contributed by atoms with Crippen LogP contribution in [-0.2, 0) is 11.3 Å². The van der Waals surface area contributed by atoms with E-state index >= 15 is 0 Å². The molecule has 3 rings (SSSR count). The Morgan fingerprint density at radius 3 is 2.91 bits per heavy atom. The number of amides is 1. The fourth-order valence-electron chi connectivity index (χ4n) is 2.59. The smallest absolute Gasteiger partial charge is 0.232 e. The largest absolute Gasteiger partial charge is 0.361 e. The van der Waals surface area contributed by atoms with Crippen molar-refractivity contribution in [3.05, 3.63) is 51.7 Å². The van der Waals surface area contributed by atoms with Gasteiger partial charge in [0.1, 0.15) is 11.6 Å². The highest BCUT2D eigenvalue weighted by molar-refractivity contribution is 7.07. The molecule has 3 heterocycles. The minimum absolute atomic E-state index is 0.105. The number of nitrogens with zero attached hydrogens (tertiary/aromatic N) is 3. The standard InChI is InChI=1S/C16H18N4O2S/c1-10(15-11(2)19-22-12(15)3)16(21)18-14-4-6-17-20(14)8-13-5-7-23-9-13/h4-7,9-10H,8H2,1-3H3,(H,18,21). The molecule has 6 nitrogen and oxygen atoms in total. The summed E-state index contributed by atoms with van der Waals surface area (Å²) in [5, 5.41) is 15.2. The van der Waals surface area contributed by atoms with Gasteiger partial charge < -0.3 is 9.84 Å². The van der Waals surface area contributed by atoms with Gasteiger partial charge in [0.25, 0.3) is 0 Å². The van der Waals surface area contributed by atoms with Gasteiger partial charge in [-0.1, -0.05) is 5.16 Å². The van der Waals surface area contributed by atoms with Gasteiger partial charge >= 0.3 is 0 Å². The second kappa shape index (κ2) is 6.37. The molecule has 0 saturated carbocycles. The van der Waals surface area contributed by atoms with Crippen molar-refractivity contribution >= 4 is 23.1 Å². The number of thiophene rings is 1. The van der Waals surface area contributed by atoms with Crippen LogP contribution in [-0.4, -0.2) is 20.8 Å². The number of carbonyl (C=O) groups excluding carboxylic acids is 1. The number of rotatable bonds is 5. The molecule has 1 amide bonds. The van der Waals surface area contributed by atoms with Gasteiger partial charge in [0, 0.05) is 11.6 Å². The number of carbonyl (C=O) groups is 1. The molecule has 7 heteroatoms. The number of aromatic nitrogens is 3. The molecule has 23 heavy (non-hydrogen) atoms. The molecular weight excluding hydrogens is 312 g/mol. The molecule has 0 fully saturated rings. The van der Waals surface area contributed by atoms with Crippen LogP contribution in [0.3, 0.4) is 0 Å². The summed E-state index contributed by atoms with van der Waals surface area (Å²) in [6.07, 6.45) is 1.68. The van der Waals surface area contributed by atoms with Crippen molar-refractivity contribution in [3.8, 4) is 0 Å². The Morgan fingerprint density at radius 1 is 1.43 bits per heavy atom. The van der Waals surface area contributed by atoms with Crippen LogP contribution >= 0.6 is 11.3 Å². The third-order valence-corrected chi connectivity index (χ3v) is 4.53. The van der Waals surface area contributed by atoms with Gasteiger partial charge in [0.15, 0.2) is 0 Å². The van der Waals surface area contributed by atoms with Crippen molar-refractivity contribution < 1.29 is 9.32 Å². The van der Waals surface area contributed by atoms with Crippen molar-refractivity contribution in [2.45, 2.75) is 33.2 Å². The number of nitrogens with one attached hydrogen (secondary N) is 1. The second-order valence-corrected chi connectivity index (χ2v) is 6.23. The van der Waals surface area contributed by atoms with E-state index in [1.807, 2.05) is 32.2 Å². The SMILES string of the molecule is Cc1noc(C)c1C(C)C(=O)Nc1ccnn1Cc1ccsc1.